The zero-order chi connectivity index (χ0) is 66.0. The van der Waals surface area contributed by atoms with Crippen LogP contribution in [0.1, 0.15) is 0 Å². The molecule has 100 heavy (non-hydrogen) atoms. The van der Waals surface area contributed by atoms with E-state index in [2.05, 4.69) is 282 Å². The molecule has 12 aromatic carbocycles. The van der Waals surface area contributed by atoms with Crippen LogP contribution in [-0.4, -0.2) is 39.9 Å². The van der Waals surface area contributed by atoms with E-state index in [1.165, 1.54) is 43.8 Å². The van der Waals surface area contributed by atoms with Crippen molar-refractivity contribution in [3.05, 3.63) is 340 Å². The molecule has 464 valence electrons. The highest BCUT2D eigenvalue weighted by Gasteiger charge is 2.20. The minimum Gasteiger partial charge on any atom is -0.256 e. The number of aromatic nitrogens is 8. The fourth-order valence-corrected chi connectivity index (χ4v) is 14.5. The number of pyridine rings is 8. The highest BCUT2D eigenvalue weighted by atomic mass is 14.8. The van der Waals surface area contributed by atoms with Gasteiger partial charge >= 0.3 is 0 Å². The van der Waals surface area contributed by atoms with E-state index < -0.39 is 0 Å². The first-order valence-corrected chi connectivity index (χ1v) is 33.6. The molecule has 0 amide bonds. The van der Waals surface area contributed by atoms with E-state index in [-0.39, 0.29) is 0 Å². The first-order valence-electron chi connectivity index (χ1n) is 33.6. The summed E-state index contributed by atoms with van der Waals surface area (Å²) >= 11 is 0. The third-order valence-electron chi connectivity index (χ3n) is 19.4. The van der Waals surface area contributed by atoms with E-state index in [0.717, 1.165) is 155 Å². The van der Waals surface area contributed by atoms with E-state index >= 15 is 0 Å². The normalized spacial score (nSPS) is 11.6. The molecule has 0 fully saturated rings. The topological polar surface area (TPSA) is 103 Å². The molecule has 0 aliphatic rings. The maximum Gasteiger partial charge on any atom is 0.0978 e. The van der Waals surface area contributed by atoms with Crippen molar-refractivity contribution in [3.63, 3.8) is 0 Å². The zero-order valence-corrected chi connectivity index (χ0v) is 53.9. The average molecular weight is 1270 g/mol. The molecule has 0 saturated heterocycles. The highest BCUT2D eigenvalue weighted by Crippen LogP contribution is 2.43. The van der Waals surface area contributed by atoms with E-state index in [9.17, 15) is 0 Å². The Morgan fingerprint density at radius 3 is 1.12 bits per heavy atom. The molecular formula is C92H56N8. The van der Waals surface area contributed by atoms with E-state index in [1.807, 2.05) is 73.3 Å². The molecular weight excluding hydrogens is 1220 g/mol. The Labute approximate surface area is 575 Å². The largest absolute Gasteiger partial charge is 0.256 e. The molecule has 8 heteroatoms. The van der Waals surface area contributed by atoms with Crippen LogP contribution in [0.5, 0.6) is 0 Å². The third kappa shape index (κ3) is 10.3. The van der Waals surface area contributed by atoms with Gasteiger partial charge in [-0.1, -0.05) is 218 Å². The van der Waals surface area contributed by atoms with Crippen LogP contribution < -0.4 is 0 Å². The van der Waals surface area contributed by atoms with Gasteiger partial charge < -0.3 is 0 Å². The molecule has 0 unspecified atom stereocenters. The lowest BCUT2D eigenvalue weighted by Gasteiger charge is -2.14. The van der Waals surface area contributed by atoms with Crippen LogP contribution in [0.2, 0.25) is 0 Å². The fourth-order valence-electron chi connectivity index (χ4n) is 14.5. The lowest BCUT2D eigenvalue weighted by Crippen LogP contribution is -1.93. The van der Waals surface area contributed by atoms with Crippen molar-refractivity contribution in [1.82, 2.24) is 39.9 Å². The minimum absolute atomic E-state index is 0.898. The van der Waals surface area contributed by atoms with Gasteiger partial charge in [-0.25, -0.2) is 19.9 Å². The second kappa shape index (κ2) is 24.3. The van der Waals surface area contributed by atoms with Crippen LogP contribution in [0.4, 0.5) is 0 Å². The maximum absolute atomic E-state index is 5.30. The second-order valence-corrected chi connectivity index (χ2v) is 25.4. The summed E-state index contributed by atoms with van der Waals surface area (Å²) in [5, 5.41) is 13.7. The predicted molar refractivity (Wildman–Crippen MR) is 414 cm³/mol. The van der Waals surface area contributed by atoms with E-state index in [1.54, 1.807) is 0 Å². The fraction of sp³-hybridized carbons (Fsp3) is 0. The Hall–Kier alpha value is -13.6. The van der Waals surface area contributed by atoms with Crippen molar-refractivity contribution >= 4 is 109 Å². The Morgan fingerprint density at radius 1 is 0.170 bits per heavy atom. The van der Waals surface area contributed by atoms with Crippen LogP contribution in [0.3, 0.4) is 0 Å². The number of hydrogen-bond donors (Lipinski definition) is 0. The van der Waals surface area contributed by atoms with Crippen LogP contribution in [0.15, 0.2) is 340 Å². The molecule has 0 bridgehead atoms. The third-order valence-corrected chi connectivity index (χ3v) is 19.4. The molecule has 20 aromatic rings. The van der Waals surface area contributed by atoms with Gasteiger partial charge in [-0.15, -0.1) is 0 Å². The summed E-state index contributed by atoms with van der Waals surface area (Å²) in [7, 11) is 0. The van der Waals surface area contributed by atoms with Gasteiger partial charge in [-0.3, -0.25) is 19.9 Å². The molecule has 8 aromatic heterocycles. The first-order chi connectivity index (χ1) is 49.5. The van der Waals surface area contributed by atoms with Crippen LogP contribution in [0.25, 0.3) is 198 Å². The second-order valence-electron chi connectivity index (χ2n) is 25.4. The summed E-state index contributed by atoms with van der Waals surface area (Å²) in [6.07, 6.45) is 7.33. The van der Waals surface area contributed by atoms with Gasteiger partial charge in [0.25, 0.3) is 0 Å². The van der Waals surface area contributed by atoms with Crippen LogP contribution in [-0.2, 0) is 0 Å². The van der Waals surface area contributed by atoms with Crippen molar-refractivity contribution in [2.45, 2.75) is 0 Å². The van der Waals surface area contributed by atoms with Gasteiger partial charge in [0, 0.05) is 101 Å². The molecule has 0 atom stereocenters. The average Bonchev–Trinajstić information content (AvgIpc) is 0.741. The van der Waals surface area contributed by atoms with Gasteiger partial charge in [0.1, 0.15) is 0 Å². The van der Waals surface area contributed by atoms with Crippen LogP contribution >= 0.6 is 0 Å². The molecule has 0 saturated carbocycles. The summed E-state index contributed by atoms with van der Waals surface area (Å²) in [6.45, 7) is 0. The van der Waals surface area contributed by atoms with Crippen molar-refractivity contribution in [3.8, 4) is 89.5 Å². The molecule has 20 rings (SSSR count). The number of nitrogens with zero attached hydrogens (tertiary/aromatic N) is 8. The Kier molecular flexibility index (Phi) is 14.0. The summed E-state index contributed by atoms with van der Waals surface area (Å²) in [4.78, 5) is 39.6. The Morgan fingerprint density at radius 2 is 0.580 bits per heavy atom. The molecule has 0 spiro atoms. The summed E-state index contributed by atoms with van der Waals surface area (Å²) in [6, 6.07) is 111. The molecule has 8 heterocycles. The Balaban J connectivity index is 0.000000140. The number of fused-ring (bicyclic) bond motifs is 13. The lowest BCUT2D eigenvalue weighted by molar-refractivity contribution is 1.31. The highest BCUT2D eigenvalue weighted by molar-refractivity contribution is 6.19. The summed E-state index contributed by atoms with van der Waals surface area (Å²) < 4.78 is 0. The van der Waals surface area contributed by atoms with Gasteiger partial charge in [0.15, 0.2) is 0 Å². The lowest BCUT2D eigenvalue weighted by atomic mass is 9.93. The van der Waals surface area contributed by atoms with Crippen molar-refractivity contribution in [1.29, 1.82) is 0 Å². The van der Waals surface area contributed by atoms with E-state index in [4.69, 9.17) is 24.9 Å². The smallest absolute Gasteiger partial charge is 0.0978 e. The standard InChI is InChI=1S/C48H30N4.C44H26N4/c1-2-10-35-27-36(20-17-31(35)9-1)46-40-11-3-4-14-45(40)52-48-41(46)23-21-34-22-24-44(51-47(34)48)33-18-15-32(16-19-33)37-28-38(42-12-5-7-25-49-42)30-39(29-37)43-13-6-8-26-50-43;1-2-8-31-25-32(18-13-27(31)7-1)40-35-10-3-4-12-39(35)48-44-36(40)21-19-30-20-22-38(47-42(30)44)29-16-14-28(15-17-29)37-26-33-9-5-23-45-41(33)43-34(37)11-6-24-46-43/h1-30H;1-26H. The first kappa shape index (κ1) is 57.9. The van der Waals surface area contributed by atoms with Crippen LogP contribution in [0, 0.1) is 0 Å². The molecule has 0 aliphatic heterocycles. The molecule has 0 aliphatic carbocycles. The van der Waals surface area contributed by atoms with Gasteiger partial charge in [0.2, 0.25) is 0 Å². The predicted octanol–water partition coefficient (Wildman–Crippen LogP) is 23.4. The van der Waals surface area contributed by atoms with Gasteiger partial charge in [-0.2, -0.15) is 0 Å². The number of rotatable bonds is 8. The van der Waals surface area contributed by atoms with E-state index in [0.29, 0.717) is 0 Å². The number of benzene rings is 12. The van der Waals surface area contributed by atoms with Crippen molar-refractivity contribution in [2.75, 3.05) is 0 Å². The summed E-state index contributed by atoms with van der Waals surface area (Å²) in [5.41, 5.74) is 24.5. The molecule has 8 nitrogen and oxygen atoms in total. The van der Waals surface area contributed by atoms with Gasteiger partial charge in [0.05, 0.1) is 66.9 Å². The monoisotopic (exact) mass is 1270 g/mol. The van der Waals surface area contributed by atoms with Crippen molar-refractivity contribution < 1.29 is 0 Å². The van der Waals surface area contributed by atoms with Crippen molar-refractivity contribution in [2.24, 2.45) is 0 Å². The SMILES string of the molecule is c1ccc(-c2cc(-c3ccc(-c4ccc5ccc6c(-c7ccc8ccccc8c7)c7ccccc7nc6c5n4)cc3)cc(-c3ccccn3)c2)nc1.c1ccc2cc(-c3c4ccccc4nc4c3ccc3ccc(-c5ccc(-c6cc7cccnc7c7ncccc67)cc5)nc34)ccc2c1. The maximum atomic E-state index is 5.30. The Bertz CT molecular complexity index is 6580. The molecule has 0 N–H and O–H groups in total. The minimum atomic E-state index is 0.898. The van der Waals surface area contributed by atoms with Gasteiger partial charge in [-0.05, 0) is 152 Å². The number of hydrogen-bond acceptors (Lipinski definition) is 8. The number of para-hydroxylation sites is 2. The zero-order valence-electron chi connectivity index (χ0n) is 53.9. The summed E-state index contributed by atoms with van der Waals surface area (Å²) in [5.74, 6) is 0. The molecule has 0 radical (unpaired) electrons. The quantitative estimate of drug-likeness (QED) is 0.109.